The smallest absolute Gasteiger partial charge is 0.338 e. The fourth-order valence-electron chi connectivity index (χ4n) is 2.47. The first-order valence-electron chi connectivity index (χ1n) is 9.15. The highest BCUT2D eigenvalue weighted by Crippen LogP contribution is 2.18. The third-order valence-electron chi connectivity index (χ3n) is 3.96. The molecule has 27 heavy (non-hydrogen) atoms. The van der Waals surface area contributed by atoms with Crippen LogP contribution in [0.4, 0.5) is 0 Å². The van der Waals surface area contributed by atoms with Gasteiger partial charge < -0.3 is 4.74 Å². The molecule has 1 rings (SSSR count). The summed E-state index contributed by atoms with van der Waals surface area (Å²) in [6.07, 6.45) is 2.10. The number of ether oxygens (including phenoxy) is 1. The molecule has 0 aliphatic carbocycles. The summed E-state index contributed by atoms with van der Waals surface area (Å²) in [6, 6.07) is 5.82. The van der Waals surface area contributed by atoms with Crippen LogP contribution in [0.2, 0.25) is 0 Å². The zero-order chi connectivity index (χ0) is 20.3. The lowest BCUT2D eigenvalue weighted by Gasteiger charge is -2.21. The zero-order valence-corrected chi connectivity index (χ0v) is 17.0. The van der Waals surface area contributed by atoms with E-state index in [-0.39, 0.29) is 17.4 Å². The van der Waals surface area contributed by atoms with Gasteiger partial charge in [-0.25, -0.2) is 13.2 Å². The second-order valence-electron chi connectivity index (χ2n) is 6.38. The third-order valence-corrected chi connectivity index (χ3v) is 5.87. The number of esters is 1. The van der Waals surface area contributed by atoms with Crippen LogP contribution in [-0.2, 0) is 14.8 Å². The Balaban J connectivity index is 2.74. The van der Waals surface area contributed by atoms with Crippen molar-refractivity contribution in [3.63, 3.8) is 0 Å². The van der Waals surface area contributed by atoms with E-state index in [2.05, 4.69) is 10.0 Å². The Kier molecular flexibility index (Phi) is 9.85. The molecular weight excluding hydrogens is 368 g/mol. The molecule has 8 nitrogen and oxygen atoms in total. The molecule has 0 spiro atoms. The summed E-state index contributed by atoms with van der Waals surface area (Å²) < 4.78 is 32.1. The Bertz CT molecular complexity index is 737. The minimum atomic E-state index is -3.56. The maximum Gasteiger partial charge on any atom is 0.338 e. The molecule has 0 heterocycles. The van der Waals surface area contributed by atoms with Gasteiger partial charge >= 0.3 is 5.97 Å². The van der Waals surface area contributed by atoms with Crippen LogP contribution in [0, 0.1) is 5.92 Å². The van der Waals surface area contributed by atoms with Gasteiger partial charge in [0.2, 0.25) is 10.0 Å². The molecule has 0 N–H and O–H groups in total. The number of hydrogen-bond donors (Lipinski definition) is 0. The number of carbonyl (C=O) groups is 1. The summed E-state index contributed by atoms with van der Waals surface area (Å²) in [4.78, 5) is 15.0. The number of sulfonamides is 1. The van der Waals surface area contributed by atoms with Crippen LogP contribution in [0.15, 0.2) is 34.3 Å². The predicted octanol–water partition coefficient (Wildman–Crippen LogP) is 3.99. The minimum absolute atomic E-state index is 0.0655. The van der Waals surface area contributed by atoms with Crippen LogP contribution in [0.5, 0.6) is 0 Å². The molecule has 1 unspecified atom stereocenters. The van der Waals surface area contributed by atoms with Crippen molar-refractivity contribution in [1.29, 1.82) is 0 Å². The second kappa shape index (κ2) is 11.6. The molecule has 1 aromatic carbocycles. The molecule has 1 aromatic rings. The number of nitrogens with zero attached hydrogens (tertiary/aromatic N) is 4. The Morgan fingerprint density at radius 2 is 1.81 bits per heavy atom. The molecule has 0 amide bonds. The van der Waals surface area contributed by atoms with Crippen LogP contribution in [0.25, 0.3) is 10.4 Å². The van der Waals surface area contributed by atoms with E-state index in [1.54, 1.807) is 0 Å². The van der Waals surface area contributed by atoms with E-state index in [1.165, 1.54) is 28.6 Å². The molecule has 0 fully saturated rings. The van der Waals surface area contributed by atoms with E-state index in [0.717, 1.165) is 12.8 Å². The van der Waals surface area contributed by atoms with Crippen molar-refractivity contribution in [3.8, 4) is 0 Å². The highest BCUT2D eigenvalue weighted by Gasteiger charge is 2.23. The van der Waals surface area contributed by atoms with E-state index < -0.39 is 16.0 Å². The van der Waals surface area contributed by atoms with Gasteiger partial charge in [-0.2, -0.15) is 4.31 Å². The average Bonchev–Trinajstić information content (AvgIpc) is 2.66. The number of hydrogen-bond acceptors (Lipinski definition) is 5. The normalized spacial score (nSPS) is 12.4. The van der Waals surface area contributed by atoms with Gasteiger partial charge in [0.05, 0.1) is 17.1 Å². The molecular formula is C18H28N4O4S. The van der Waals surface area contributed by atoms with Crippen LogP contribution in [0.3, 0.4) is 0 Å². The summed E-state index contributed by atoms with van der Waals surface area (Å²) >= 11 is 0. The van der Waals surface area contributed by atoms with Crippen LogP contribution in [0.1, 0.15) is 50.4 Å². The molecule has 0 aromatic heterocycles. The van der Waals surface area contributed by atoms with E-state index in [1.807, 2.05) is 20.8 Å². The molecule has 0 radical (unpaired) electrons. The van der Waals surface area contributed by atoms with E-state index in [0.29, 0.717) is 31.6 Å². The summed E-state index contributed by atoms with van der Waals surface area (Å²) in [7, 11) is -3.56. The lowest BCUT2D eigenvalue weighted by molar-refractivity contribution is 0.0445. The predicted molar refractivity (Wildman–Crippen MR) is 104 cm³/mol. The zero-order valence-electron chi connectivity index (χ0n) is 16.2. The van der Waals surface area contributed by atoms with Crippen molar-refractivity contribution in [2.75, 3.05) is 26.2 Å². The third kappa shape index (κ3) is 7.21. The molecule has 0 aliphatic heterocycles. The van der Waals surface area contributed by atoms with Gasteiger partial charge in [0, 0.05) is 24.5 Å². The summed E-state index contributed by atoms with van der Waals surface area (Å²) in [5.41, 5.74) is 8.55. The largest absolute Gasteiger partial charge is 0.462 e. The van der Waals surface area contributed by atoms with Gasteiger partial charge in [-0.1, -0.05) is 25.9 Å². The highest BCUT2D eigenvalue weighted by atomic mass is 32.2. The van der Waals surface area contributed by atoms with Crippen LogP contribution >= 0.6 is 0 Å². The summed E-state index contributed by atoms with van der Waals surface area (Å²) in [6.45, 7) is 7.26. The van der Waals surface area contributed by atoms with Crippen molar-refractivity contribution in [2.24, 2.45) is 11.0 Å². The van der Waals surface area contributed by atoms with Crippen molar-refractivity contribution in [1.82, 2.24) is 4.31 Å². The molecule has 150 valence electrons. The lowest BCUT2D eigenvalue weighted by Crippen LogP contribution is -2.32. The summed E-state index contributed by atoms with van der Waals surface area (Å²) in [5.74, 6) is -0.440. The number of azide groups is 1. The molecule has 0 saturated heterocycles. The molecule has 9 heteroatoms. The molecule has 0 saturated carbocycles. The van der Waals surface area contributed by atoms with Crippen LogP contribution < -0.4 is 0 Å². The number of rotatable bonds is 12. The van der Waals surface area contributed by atoms with Crippen molar-refractivity contribution in [3.05, 3.63) is 40.3 Å². The first-order chi connectivity index (χ1) is 12.9. The Hall–Kier alpha value is -2.09. The van der Waals surface area contributed by atoms with Gasteiger partial charge in [-0.15, -0.1) is 0 Å². The molecule has 0 aliphatic rings. The van der Waals surface area contributed by atoms with Gasteiger partial charge in [0.15, 0.2) is 0 Å². The SMILES string of the molecule is CCCN(CCC)S(=O)(=O)c1ccc(C(=O)OCC(C)CCN=[N+]=[N-])cc1. The quantitative estimate of drug-likeness (QED) is 0.230. The van der Waals surface area contributed by atoms with Gasteiger partial charge in [-0.3, -0.25) is 0 Å². The number of carbonyl (C=O) groups excluding carboxylic acids is 1. The first kappa shape index (κ1) is 23.0. The molecule has 0 bridgehead atoms. The fraction of sp³-hybridized carbons (Fsp3) is 0.611. The monoisotopic (exact) mass is 396 g/mol. The molecule has 1 atom stereocenters. The van der Waals surface area contributed by atoms with Crippen molar-refractivity contribution in [2.45, 2.75) is 44.9 Å². The number of benzene rings is 1. The lowest BCUT2D eigenvalue weighted by atomic mass is 10.1. The average molecular weight is 397 g/mol. The van der Waals surface area contributed by atoms with Crippen molar-refractivity contribution >= 4 is 16.0 Å². The Morgan fingerprint density at radius 3 is 2.33 bits per heavy atom. The van der Waals surface area contributed by atoms with E-state index in [4.69, 9.17) is 10.3 Å². The highest BCUT2D eigenvalue weighted by molar-refractivity contribution is 7.89. The van der Waals surface area contributed by atoms with Crippen LogP contribution in [-0.4, -0.2) is 44.9 Å². The maximum absolute atomic E-state index is 12.7. The maximum atomic E-state index is 12.7. The van der Waals surface area contributed by atoms with Gasteiger partial charge in [0.1, 0.15) is 0 Å². The van der Waals surface area contributed by atoms with E-state index >= 15 is 0 Å². The first-order valence-corrected chi connectivity index (χ1v) is 10.6. The fourth-order valence-corrected chi connectivity index (χ4v) is 4.09. The summed E-state index contributed by atoms with van der Waals surface area (Å²) in [5, 5.41) is 3.45. The minimum Gasteiger partial charge on any atom is -0.462 e. The van der Waals surface area contributed by atoms with Gasteiger partial charge in [0.25, 0.3) is 0 Å². The van der Waals surface area contributed by atoms with Crippen molar-refractivity contribution < 1.29 is 17.9 Å². The van der Waals surface area contributed by atoms with Gasteiger partial charge in [-0.05, 0) is 55.0 Å². The van der Waals surface area contributed by atoms with E-state index in [9.17, 15) is 13.2 Å². The standard InChI is InChI=1S/C18H28N4O4S/c1-4-12-22(13-5-2)27(24,25)17-8-6-16(7-9-17)18(23)26-14-15(3)10-11-20-21-19/h6-9,15H,4-5,10-14H2,1-3H3. The second-order valence-corrected chi connectivity index (χ2v) is 8.31. The topological polar surface area (TPSA) is 112 Å². The Morgan fingerprint density at radius 1 is 1.22 bits per heavy atom. The Labute approximate surface area is 161 Å².